The summed E-state index contributed by atoms with van der Waals surface area (Å²) in [6.07, 6.45) is 0.311. The Morgan fingerprint density at radius 1 is 1.14 bits per heavy atom. The Labute approximate surface area is 124 Å². The molecule has 0 bridgehead atoms. The summed E-state index contributed by atoms with van der Waals surface area (Å²) in [5.41, 5.74) is 9.10. The summed E-state index contributed by atoms with van der Waals surface area (Å²) < 4.78 is 0. The van der Waals surface area contributed by atoms with E-state index in [1.807, 2.05) is 36.4 Å². The van der Waals surface area contributed by atoms with Gasteiger partial charge in [0.05, 0.1) is 18.1 Å². The molecule has 2 aromatic carbocycles. The lowest BCUT2D eigenvalue weighted by atomic mass is 10.0. The van der Waals surface area contributed by atoms with Gasteiger partial charge in [0.1, 0.15) is 0 Å². The summed E-state index contributed by atoms with van der Waals surface area (Å²) in [6, 6.07) is 16.9. The molecular formula is C17H17N3O. The fourth-order valence-electron chi connectivity index (χ4n) is 2.12. The zero-order valence-electron chi connectivity index (χ0n) is 11.7. The molecule has 21 heavy (non-hydrogen) atoms. The van der Waals surface area contributed by atoms with Gasteiger partial charge in [-0.3, -0.25) is 4.79 Å². The normalized spacial score (nSPS) is 9.90. The molecule has 0 aromatic heterocycles. The Kier molecular flexibility index (Phi) is 5.08. The molecule has 0 fully saturated rings. The summed E-state index contributed by atoms with van der Waals surface area (Å²) in [5.74, 6) is -0.0572. The molecule has 0 heterocycles. The van der Waals surface area contributed by atoms with Gasteiger partial charge >= 0.3 is 0 Å². The average Bonchev–Trinajstić information content (AvgIpc) is 2.53. The van der Waals surface area contributed by atoms with Crippen molar-refractivity contribution >= 4 is 5.91 Å². The number of benzene rings is 2. The van der Waals surface area contributed by atoms with Gasteiger partial charge in [0, 0.05) is 13.1 Å². The first-order valence-corrected chi connectivity index (χ1v) is 6.75. The van der Waals surface area contributed by atoms with Crippen molar-refractivity contribution < 1.29 is 4.79 Å². The summed E-state index contributed by atoms with van der Waals surface area (Å²) in [7, 11) is 0. The molecule has 0 spiro atoms. The summed E-state index contributed by atoms with van der Waals surface area (Å²) >= 11 is 0. The molecule has 0 saturated heterocycles. The summed E-state index contributed by atoms with van der Waals surface area (Å²) in [6.45, 7) is 0.840. The minimum absolute atomic E-state index is 0.0572. The molecular weight excluding hydrogens is 262 g/mol. The monoisotopic (exact) mass is 279 g/mol. The number of hydrogen-bond acceptors (Lipinski definition) is 3. The van der Waals surface area contributed by atoms with Crippen LogP contribution < -0.4 is 11.1 Å². The van der Waals surface area contributed by atoms with E-state index in [4.69, 9.17) is 11.0 Å². The maximum absolute atomic E-state index is 12.0. The van der Waals surface area contributed by atoms with Crippen LogP contribution in [-0.4, -0.2) is 5.91 Å². The van der Waals surface area contributed by atoms with Crippen LogP contribution in [0.25, 0.3) is 0 Å². The van der Waals surface area contributed by atoms with E-state index in [0.29, 0.717) is 25.1 Å². The lowest BCUT2D eigenvalue weighted by Gasteiger charge is -2.09. The smallest absolute Gasteiger partial charge is 0.224 e. The Balaban J connectivity index is 1.94. The number of rotatable bonds is 5. The Morgan fingerprint density at radius 2 is 1.90 bits per heavy atom. The van der Waals surface area contributed by atoms with Gasteiger partial charge in [-0.05, 0) is 28.8 Å². The van der Waals surface area contributed by atoms with Gasteiger partial charge in [0.15, 0.2) is 0 Å². The molecule has 2 rings (SSSR count). The van der Waals surface area contributed by atoms with Crippen LogP contribution in [0.15, 0.2) is 48.5 Å². The van der Waals surface area contributed by atoms with E-state index in [2.05, 4.69) is 11.4 Å². The molecule has 0 atom stereocenters. The first kappa shape index (κ1) is 14.8. The molecule has 4 nitrogen and oxygen atoms in total. The molecule has 1 amide bonds. The molecule has 0 aliphatic heterocycles. The highest BCUT2D eigenvalue weighted by Crippen LogP contribution is 2.09. The van der Waals surface area contributed by atoms with E-state index >= 15 is 0 Å². The number of carbonyl (C=O) groups excluding carboxylic acids is 1. The Morgan fingerprint density at radius 3 is 2.62 bits per heavy atom. The molecule has 0 radical (unpaired) electrons. The van der Waals surface area contributed by atoms with Gasteiger partial charge in [-0.1, -0.05) is 36.4 Å². The predicted octanol–water partition coefficient (Wildman–Crippen LogP) is 1.88. The third-order valence-corrected chi connectivity index (χ3v) is 3.24. The van der Waals surface area contributed by atoms with Crippen LogP contribution >= 0.6 is 0 Å². The van der Waals surface area contributed by atoms with Gasteiger partial charge in [0.25, 0.3) is 0 Å². The number of amides is 1. The first-order chi connectivity index (χ1) is 10.2. The van der Waals surface area contributed by atoms with Crippen LogP contribution in [0.2, 0.25) is 0 Å². The second-order valence-corrected chi connectivity index (χ2v) is 4.74. The van der Waals surface area contributed by atoms with Crippen LogP contribution in [0.1, 0.15) is 22.3 Å². The highest BCUT2D eigenvalue weighted by atomic mass is 16.1. The Bertz CT molecular complexity index is 674. The quantitative estimate of drug-likeness (QED) is 0.877. The molecule has 0 saturated carbocycles. The number of nitrogens with zero attached hydrogens (tertiary/aromatic N) is 1. The van der Waals surface area contributed by atoms with Gasteiger partial charge < -0.3 is 11.1 Å². The average molecular weight is 279 g/mol. The van der Waals surface area contributed by atoms with E-state index in [1.54, 1.807) is 12.1 Å². The van der Waals surface area contributed by atoms with Gasteiger partial charge in [-0.2, -0.15) is 5.26 Å². The van der Waals surface area contributed by atoms with E-state index in [1.165, 1.54) is 0 Å². The van der Waals surface area contributed by atoms with Crippen LogP contribution in [0.3, 0.4) is 0 Å². The number of nitrogens with one attached hydrogen (secondary N) is 1. The van der Waals surface area contributed by atoms with E-state index in [0.717, 1.165) is 16.7 Å². The van der Waals surface area contributed by atoms with Gasteiger partial charge in [-0.25, -0.2) is 0 Å². The highest BCUT2D eigenvalue weighted by Gasteiger charge is 2.06. The molecule has 2 aromatic rings. The molecule has 0 aliphatic rings. The number of carbonyl (C=O) groups is 1. The fraction of sp³-hybridized carbons (Fsp3) is 0.176. The number of hydrogen-bond donors (Lipinski definition) is 2. The van der Waals surface area contributed by atoms with Crippen molar-refractivity contribution in [3.63, 3.8) is 0 Å². The topological polar surface area (TPSA) is 78.9 Å². The molecule has 3 N–H and O–H groups in total. The van der Waals surface area contributed by atoms with Crippen LogP contribution in [-0.2, 0) is 24.3 Å². The van der Waals surface area contributed by atoms with Gasteiger partial charge in [-0.15, -0.1) is 0 Å². The van der Waals surface area contributed by atoms with Crippen LogP contribution in [0, 0.1) is 11.3 Å². The van der Waals surface area contributed by atoms with Crippen molar-refractivity contribution in [2.75, 3.05) is 0 Å². The number of nitrogens with two attached hydrogens (primary N) is 1. The van der Waals surface area contributed by atoms with Crippen LogP contribution in [0.5, 0.6) is 0 Å². The van der Waals surface area contributed by atoms with Crippen molar-refractivity contribution in [2.45, 2.75) is 19.5 Å². The minimum atomic E-state index is -0.0572. The first-order valence-electron chi connectivity index (χ1n) is 6.75. The highest BCUT2D eigenvalue weighted by molar-refractivity contribution is 5.78. The largest absolute Gasteiger partial charge is 0.352 e. The maximum atomic E-state index is 12.0. The zero-order chi connectivity index (χ0) is 15.1. The standard InChI is InChI=1S/C17H17N3O/c18-10-13-4-3-5-14(8-13)12-20-17(21)9-15-6-1-2-7-16(15)11-19/h1-8H,9,11-12,19H2,(H,20,21). The van der Waals surface area contributed by atoms with Gasteiger partial charge in [0.2, 0.25) is 5.91 Å². The van der Waals surface area contributed by atoms with Crippen molar-refractivity contribution in [3.05, 3.63) is 70.8 Å². The van der Waals surface area contributed by atoms with Crippen molar-refractivity contribution in [1.82, 2.24) is 5.32 Å². The third-order valence-electron chi connectivity index (χ3n) is 3.24. The maximum Gasteiger partial charge on any atom is 0.224 e. The van der Waals surface area contributed by atoms with E-state index in [-0.39, 0.29) is 5.91 Å². The zero-order valence-corrected chi connectivity index (χ0v) is 11.7. The molecule has 0 aliphatic carbocycles. The summed E-state index contributed by atoms with van der Waals surface area (Å²) in [5, 5.41) is 11.7. The second kappa shape index (κ2) is 7.22. The van der Waals surface area contributed by atoms with Crippen molar-refractivity contribution in [2.24, 2.45) is 5.73 Å². The lowest BCUT2D eigenvalue weighted by Crippen LogP contribution is -2.25. The lowest BCUT2D eigenvalue weighted by molar-refractivity contribution is -0.120. The fourth-order valence-corrected chi connectivity index (χ4v) is 2.12. The third kappa shape index (κ3) is 4.16. The molecule has 106 valence electrons. The molecule has 0 unspecified atom stereocenters. The Hall–Kier alpha value is -2.64. The summed E-state index contributed by atoms with van der Waals surface area (Å²) in [4.78, 5) is 12.0. The SMILES string of the molecule is N#Cc1cccc(CNC(=O)Cc2ccccc2CN)c1. The van der Waals surface area contributed by atoms with E-state index in [9.17, 15) is 4.79 Å². The van der Waals surface area contributed by atoms with E-state index < -0.39 is 0 Å². The number of nitriles is 1. The van der Waals surface area contributed by atoms with Crippen molar-refractivity contribution in [3.8, 4) is 6.07 Å². The van der Waals surface area contributed by atoms with Crippen LogP contribution in [0.4, 0.5) is 0 Å². The van der Waals surface area contributed by atoms with Crippen molar-refractivity contribution in [1.29, 1.82) is 5.26 Å². The minimum Gasteiger partial charge on any atom is -0.352 e. The second-order valence-electron chi connectivity index (χ2n) is 4.74. The predicted molar refractivity (Wildman–Crippen MR) is 81.0 cm³/mol. The molecule has 4 heteroatoms.